The average molecular weight is 281 g/mol. The minimum Gasteiger partial charge on any atom is -0.508 e. The number of aryl methyl sites for hydroxylation is 1. The van der Waals surface area contributed by atoms with Gasteiger partial charge in [-0.05, 0) is 55.0 Å². The van der Waals surface area contributed by atoms with Crippen molar-refractivity contribution >= 4 is 15.7 Å². The Morgan fingerprint density at radius 1 is 1.11 bits per heavy atom. The van der Waals surface area contributed by atoms with Gasteiger partial charge in [0.2, 0.25) is 0 Å². The molecule has 0 saturated heterocycles. The molecule has 0 aliphatic rings. The summed E-state index contributed by atoms with van der Waals surface area (Å²) in [4.78, 5) is -0.0281. The van der Waals surface area contributed by atoms with E-state index in [0.29, 0.717) is 11.3 Å². The van der Waals surface area contributed by atoms with Crippen LogP contribution in [0.1, 0.15) is 5.56 Å². The molecule has 6 heteroatoms. The first-order valence-electron chi connectivity index (χ1n) is 5.46. The minimum atomic E-state index is -3.76. The molecule has 0 aliphatic carbocycles. The monoisotopic (exact) mass is 281 g/mol. The molecule has 2 aromatic rings. The summed E-state index contributed by atoms with van der Waals surface area (Å²) in [5.41, 5.74) is 0.888. The number of hydrogen-bond acceptors (Lipinski definition) is 3. The van der Waals surface area contributed by atoms with Crippen LogP contribution < -0.4 is 4.72 Å². The molecular formula is C13H12FNO3S. The summed E-state index contributed by atoms with van der Waals surface area (Å²) in [5, 5.41) is 9.37. The van der Waals surface area contributed by atoms with E-state index in [1.807, 2.05) is 0 Å². The molecule has 0 amide bonds. The first kappa shape index (κ1) is 13.4. The molecule has 100 valence electrons. The number of aromatic hydroxyl groups is 1. The Morgan fingerprint density at radius 3 is 2.32 bits per heavy atom. The number of nitrogens with one attached hydrogen (secondary N) is 1. The predicted octanol–water partition coefficient (Wildman–Crippen LogP) is 2.64. The van der Waals surface area contributed by atoms with Gasteiger partial charge in [0.1, 0.15) is 11.6 Å². The molecular weight excluding hydrogens is 269 g/mol. The first-order valence-corrected chi connectivity index (χ1v) is 6.95. The molecule has 0 spiro atoms. The Bertz CT molecular complexity index is 696. The van der Waals surface area contributed by atoms with E-state index < -0.39 is 15.8 Å². The lowest BCUT2D eigenvalue weighted by Crippen LogP contribution is -2.12. The highest BCUT2D eigenvalue weighted by atomic mass is 32.2. The van der Waals surface area contributed by atoms with Crippen molar-refractivity contribution < 1.29 is 17.9 Å². The number of anilines is 1. The summed E-state index contributed by atoms with van der Waals surface area (Å²) in [7, 11) is -3.76. The van der Waals surface area contributed by atoms with E-state index >= 15 is 0 Å². The third-order valence-corrected chi connectivity index (χ3v) is 3.97. The Kier molecular flexibility index (Phi) is 3.44. The molecule has 19 heavy (non-hydrogen) atoms. The summed E-state index contributed by atoms with van der Waals surface area (Å²) in [6.45, 7) is 1.66. The van der Waals surface area contributed by atoms with Gasteiger partial charge in [0, 0.05) is 5.69 Å². The third-order valence-electron chi connectivity index (χ3n) is 2.57. The van der Waals surface area contributed by atoms with E-state index in [4.69, 9.17) is 0 Å². The average Bonchev–Trinajstić information content (AvgIpc) is 2.34. The SMILES string of the molecule is Cc1cc(NS(=O)(=O)c2ccc(F)cc2)ccc1O. The van der Waals surface area contributed by atoms with Crippen LogP contribution in [0.3, 0.4) is 0 Å². The van der Waals surface area contributed by atoms with Gasteiger partial charge in [-0.1, -0.05) is 0 Å². The van der Waals surface area contributed by atoms with E-state index in [2.05, 4.69) is 4.72 Å². The van der Waals surface area contributed by atoms with E-state index in [1.165, 1.54) is 30.3 Å². The van der Waals surface area contributed by atoms with Gasteiger partial charge < -0.3 is 5.11 Å². The number of phenols is 1. The maximum absolute atomic E-state index is 12.8. The van der Waals surface area contributed by atoms with Crippen molar-refractivity contribution in [2.75, 3.05) is 4.72 Å². The fourth-order valence-electron chi connectivity index (χ4n) is 1.55. The van der Waals surface area contributed by atoms with E-state index in [9.17, 15) is 17.9 Å². The van der Waals surface area contributed by atoms with Gasteiger partial charge in [-0.2, -0.15) is 0 Å². The highest BCUT2D eigenvalue weighted by Crippen LogP contribution is 2.22. The summed E-state index contributed by atoms with van der Waals surface area (Å²) >= 11 is 0. The lowest BCUT2D eigenvalue weighted by Gasteiger charge is -2.09. The van der Waals surface area contributed by atoms with Gasteiger partial charge >= 0.3 is 0 Å². The Morgan fingerprint density at radius 2 is 1.74 bits per heavy atom. The summed E-state index contributed by atoms with van der Waals surface area (Å²) < 4.78 is 39.1. The molecule has 0 atom stereocenters. The van der Waals surface area contributed by atoms with Gasteiger partial charge in [-0.3, -0.25) is 4.72 Å². The molecule has 0 unspecified atom stereocenters. The minimum absolute atomic E-state index is 0.0281. The van der Waals surface area contributed by atoms with Crippen molar-refractivity contribution in [2.24, 2.45) is 0 Å². The Balaban J connectivity index is 2.30. The number of sulfonamides is 1. The number of hydrogen-bond donors (Lipinski definition) is 2. The molecule has 0 heterocycles. The van der Waals surface area contributed by atoms with Gasteiger partial charge in [-0.15, -0.1) is 0 Å². The quantitative estimate of drug-likeness (QED) is 0.850. The lowest BCUT2D eigenvalue weighted by atomic mass is 10.2. The van der Waals surface area contributed by atoms with Crippen molar-refractivity contribution in [1.29, 1.82) is 0 Å². The number of benzene rings is 2. The van der Waals surface area contributed by atoms with Gasteiger partial charge in [-0.25, -0.2) is 12.8 Å². The summed E-state index contributed by atoms with van der Waals surface area (Å²) in [6, 6.07) is 8.89. The highest BCUT2D eigenvalue weighted by molar-refractivity contribution is 7.92. The van der Waals surface area contributed by atoms with E-state index in [0.717, 1.165) is 12.1 Å². The van der Waals surface area contributed by atoms with Crippen LogP contribution in [0.5, 0.6) is 5.75 Å². The molecule has 0 bridgehead atoms. The lowest BCUT2D eigenvalue weighted by molar-refractivity contribution is 0.471. The zero-order chi connectivity index (χ0) is 14.0. The van der Waals surface area contributed by atoms with Crippen LogP contribution in [-0.2, 0) is 10.0 Å². The van der Waals surface area contributed by atoms with E-state index in [1.54, 1.807) is 6.92 Å². The molecule has 2 aromatic carbocycles. The molecule has 0 saturated carbocycles. The second-order valence-corrected chi connectivity index (χ2v) is 5.74. The molecule has 0 aromatic heterocycles. The van der Waals surface area contributed by atoms with Crippen molar-refractivity contribution in [3.05, 3.63) is 53.8 Å². The van der Waals surface area contributed by atoms with Gasteiger partial charge in [0.25, 0.3) is 10.0 Å². The number of halogens is 1. The number of phenolic OH excluding ortho intramolecular Hbond substituents is 1. The molecule has 2 rings (SSSR count). The van der Waals surface area contributed by atoms with Crippen LogP contribution >= 0.6 is 0 Å². The second-order valence-electron chi connectivity index (χ2n) is 4.06. The maximum Gasteiger partial charge on any atom is 0.261 e. The first-order chi connectivity index (χ1) is 8.88. The highest BCUT2D eigenvalue weighted by Gasteiger charge is 2.14. The largest absolute Gasteiger partial charge is 0.508 e. The molecule has 2 N–H and O–H groups in total. The fraction of sp³-hybridized carbons (Fsp3) is 0.0769. The fourth-order valence-corrected chi connectivity index (χ4v) is 2.60. The van der Waals surface area contributed by atoms with E-state index in [-0.39, 0.29) is 10.6 Å². The van der Waals surface area contributed by atoms with Crippen LogP contribution in [0, 0.1) is 12.7 Å². The van der Waals surface area contributed by atoms with Crippen LogP contribution in [-0.4, -0.2) is 13.5 Å². The van der Waals surface area contributed by atoms with Crippen LogP contribution in [0.4, 0.5) is 10.1 Å². The number of rotatable bonds is 3. The van der Waals surface area contributed by atoms with Gasteiger partial charge in [0.05, 0.1) is 4.90 Å². The second kappa shape index (κ2) is 4.89. The standard InChI is InChI=1S/C13H12FNO3S/c1-9-8-11(4-7-13(9)16)15-19(17,18)12-5-2-10(14)3-6-12/h2-8,15-16H,1H3. The zero-order valence-corrected chi connectivity index (χ0v) is 10.9. The van der Waals surface area contributed by atoms with Crippen LogP contribution in [0.25, 0.3) is 0 Å². The van der Waals surface area contributed by atoms with Crippen molar-refractivity contribution in [1.82, 2.24) is 0 Å². The predicted molar refractivity (Wildman–Crippen MR) is 70.1 cm³/mol. The summed E-state index contributed by atoms with van der Waals surface area (Å²) in [6.07, 6.45) is 0. The smallest absolute Gasteiger partial charge is 0.261 e. The maximum atomic E-state index is 12.8. The molecule has 0 radical (unpaired) electrons. The topological polar surface area (TPSA) is 66.4 Å². The van der Waals surface area contributed by atoms with Crippen molar-refractivity contribution in [3.63, 3.8) is 0 Å². The molecule has 4 nitrogen and oxygen atoms in total. The van der Waals surface area contributed by atoms with Gasteiger partial charge in [0.15, 0.2) is 0 Å². The normalized spacial score (nSPS) is 11.3. The summed E-state index contributed by atoms with van der Waals surface area (Å²) in [5.74, 6) is -0.413. The van der Waals surface area contributed by atoms with Crippen molar-refractivity contribution in [2.45, 2.75) is 11.8 Å². The Labute approximate surface area is 110 Å². The molecule has 0 fully saturated rings. The third kappa shape index (κ3) is 3.03. The van der Waals surface area contributed by atoms with Crippen LogP contribution in [0.2, 0.25) is 0 Å². The van der Waals surface area contributed by atoms with Crippen LogP contribution in [0.15, 0.2) is 47.4 Å². The Hall–Kier alpha value is -2.08. The van der Waals surface area contributed by atoms with Crippen molar-refractivity contribution in [3.8, 4) is 5.75 Å². The zero-order valence-electron chi connectivity index (χ0n) is 10.1. The molecule has 0 aliphatic heterocycles.